The molecule has 0 radical (unpaired) electrons. The first-order valence-electron chi connectivity index (χ1n) is 11.0. The summed E-state index contributed by atoms with van der Waals surface area (Å²) >= 11 is 0. The van der Waals surface area contributed by atoms with Crippen LogP contribution in [-0.2, 0) is 38.9 Å². The molecule has 2 aromatic carbocycles. The molecule has 0 aliphatic carbocycles. The standard InChI is InChI=1S/C23H27N2O6P/c1-4-15-32(28-5-2,29-6-3)30-22(16-11-7-9-13-18(16)24-20(22)26)23(31-32)17-12-8-10-14-19(17)25-21(23)27/h7-14H,4-6,15H2,1-3H3,(H,24,26)(H,25,27). The van der Waals surface area contributed by atoms with Crippen LogP contribution >= 0.6 is 7.51 Å². The van der Waals surface area contributed by atoms with Gasteiger partial charge in [-0.3, -0.25) is 0 Å². The van der Waals surface area contributed by atoms with E-state index in [-0.39, 0.29) is 19.4 Å². The van der Waals surface area contributed by atoms with Gasteiger partial charge in [-0.1, -0.05) is 0 Å². The zero-order valence-corrected chi connectivity index (χ0v) is 19.2. The van der Waals surface area contributed by atoms with Gasteiger partial charge < -0.3 is 0 Å². The van der Waals surface area contributed by atoms with Gasteiger partial charge in [0.25, 0.3) is 0 Å². The Morgan fingerprint density at radius 2 is 1.22 bits per heavy atom. The van der Waals surface area contributed by atoms with Crippen LogP contribution in [0.15, 0.2) is 48.5 Å². The first kappa shape index (κ1) is 21.5. The molecule has 32 heavy (non-hydrogen) atoms. The van der Waals surface area contributed by atoms with Crippen molar-refractivity contribution >= 4 is 30.7 Å². The van der Waals surface area contributed by atoms with E-state index in [1.54, 1.807) is 24.3 Å². The van der Waals surface area contributed by atoms with Crippen molar-refractivity contribution in [3.05, 3.63) is 59.7 Å². The van der Waals surface area contributed by atoms with Crippen molar-refractivity contribution in [3.8, 4) is 0 Å². The zero-order valence-electron chi connectivity index (χ0n) is 18.3. The van der Waals surface area contributed by atoms with Gasteiger partial charge in [0.15, 0.2) is 0 Å². The summed E-state index contributed by atoms with van der Waals surface area (Å²) in [5.74, 6) is -0.958. The molecule has 3 aliphatic rings. The van der Waals surface area contributed by atoms with E-state index in [4.69, 9.17) is 18.1 Å². The van der Waals surface area contributed by atoms with Crippen LogP contribution in [-0.4, -0.2) is 31.2 Å². The molecule has 8 nitrogen and oxygen atoms in total. The monoisotopic (exact) mass is 458 g/mol. The van der Waals surface area contributed by atoms with Crippen molar-refractivity contribution in [2.45, 2.75) is 38.4 Å². The van der Waals surface area contributed by atoms with E-state index in [0.717, 1.165) is 0 Å². The number of para-hydroxylation sites is 2. The average Bonchev–Trinajstić information content (AvgIpc) is 3.32. The van der Waals surface area contributed by atoms with Crippen LogP contribution in [0.3, 0.4) is 0 Å². The minimum atomic E-state index is -4.41. The van der Waals surface area contributed by atoms with E-state index in [1.165, 1.54) is 0 Å². The predicted octanol–water partition coefficient (Wildman–Crippen LogP) is 4.42. The van der Waals surface area contributed by atoms with Crippen LogP contribution in [0.1, 0.15) is 38.3 Å². The van der Waals surface area contributed by atoms with Crippen LogP contribution < -0.4 is 10.6 Å². The Hall–Kier alpha value is -2.35. The summed E-state index contributed by atoms with van der Waals surface area (Å²) in [7, 11) is -4.41. The number of carbonyl (C=O) groups is 2. The van der Waals surface area contributed by atoms with Gasteiger partial charge in [0.2, 0.25) is 0 Å². The number of hydrogen-bond acceptors (Lipinski definition) is 6. The van der Waals surface area contributed by atoms with E-state index >= 15 is 0 Å². The Balaban J connectivity index is 1.89. The molecule has 2 N–H and O–H groups in total. The van der Waals surface area contributed by atoms with Crippen LogP contribution in [0.5, 0.6) is 0 Å². The fourth-order valence-corrected chi connectivity index (χ4v) is 9.42. The molecular formula is C23H27N2O6P. The quantitative estimate of drug-likeness (QED) is 0.622. The van der Waals surface area contributed by atoms with Gasteiger partial charge in [0.1, 0.15) is 0 Å². The van der Waals surface area contributed by atoms with Crippen LogP contribution in [0.25, 0.3) is 0 Å². The van der Waals surface area contributed by atoms with Crippen molar-refractivity contribution < 1.29 is 27.7 Å². The number of hydrogen-bond donors (Lipinski definition) is 2. The van der Waals surface area contributed by atoms with Gasteiger partial charge in [-0.15, -0.1) is 0 Å². The van der Waals surface area contributed by atoms with Crippen LogP contribution in [0.2, 0.25) is 0 Å². The third kappa shape index (κ3) is 2.44. The Bertz CT molecular complexity index is 1030. The molecule has 1 saturated heterocycles. The molecule has 2 amide bonds. The molecule has 2 spiro atoms. The summed E-state index contributed by atoms with van der Waals surface area (Å²) in [6.45, 7) is 6.06. The van der Waals surface area contributed by atoms with Crippen molar-refractivity contribution in [2.75, 3.05) is 30.0 Å². The van der Waals surface area contributed by atoms with Gasteiger partial charge in [-0.05, 0) is 0 Å². The van der Waals surface area contributed by atoms with Gasteiger partial charge in [0, 0.05) is 0 Å². The first-order valence-corrected chi connectivity index (χ1v) is 13.1. The third-order valence-corrected chi connectivity index (χ3v) is 10.2. The SMILES string of the molecule is CCCP1(OCC)(OCC)OC2(C(=O)Nc3ccccc32)C2(O1)C(=O)Nc1ccccc12. The summed E-state index contributed by atoms with van der Waals surface area (Å²) < 4.78 is 26.1. The Kier molecular flexibility index (Phi) is 4.75. The van der Waals surface area contributed by atoms with Gasteiger partial charge in [0.05, 0.1) is 0 Å². The number of anilines is 2. The molecule has 1 fully saturated rings. The molecule has 2 aromatic rings. The summed E-state index contributed by atoms with van der Waals surface area (Å²) in [5.41, 5.74) is -1.42. The van der Waals surface area contributed by atoms with Crippen LogP contribution in [0.4, 0.5) is 11.4 Å². The second-order valence-corrected chi connectivity index (χ2v) is 11.3. The third-order valence-electron chi connectivity index (χ3n) is 6.22. The number of rotatable bonds is 6. The average molecular weight is 458 g/mol. The van der Waals surface area contributed by atoms with Gasteiger partial charge in [-0.2, -0.15) is 0 Å². The van der Waals surface area contributed by atoms with E-state index in [9.17, 15) is 9.59 Å². The van der Waals surface area contributed by atoms with Crippen molar-refractivity contribution in [3.63, 3.8) is 0 Å². The zero-order chi connectivity index (χ0) is 22.6. The second-order valence-electron chi connectivity index (χ2n) is 8.07. The summed E-state index contributed by atoms with van der Waals surface area (Å²) in [6, 6.07) is 14.4. The van der Waals surface area contributed by atoms with E-state index in [2.05, 4.69) is 10.6 Å². The normalized spacial score (nSPS) is 29.9. The van der Waals surface area contributed by atoms with Gasteiger partial charge in [-0.25, -0.2) is 0 Å². The Morgan fingerprint density at radius 1 is 0.781 bits per heavy atom. The van der Waals surface area contributed by atoms with E-state index < -0.39 is 30.5 Å². The second kappa shape index (κ2) is 7.07. The molecular weight excluding hydrogens is 431 g/mol. The molecule has 9 heteroatoms. The minimum absolute atomic E-state index is 0.233. The van der Waals surface area contributed by atoms with Crippen molar-refractivity contribution in [1.82, 2.24) is 0 Å². The van der Waals surface area contributed by atoms with Crippen molar-refractivity contribution in [2.24, 2.45) is 0 Å². The van der Waals surface area contributed by atoms with E-state index in [0.29, 0.717) is 28.9 Å². The topological polar surface area (TPSA) is 95.1 Å². The van der Waals surface area contributed by atoms with Crippen LogP contribution in [0, 0.1) is 0 Å². The van der Waals surface area contributed by atoms with Gasteiger partial charge >= 0.3 is 186 Å². The number of amides is 2. The summed E-state index contributed by atoms with van der Waals surface area (Å²) in [4.78, 5) is 27.7. The maximum atomic E-state index is 13.8. The molecule has 3 aliphatic heterocycles. The molecule has 5 rings (SSSR count). The number of fused-ring (bicyclic) bond motifs is 5. The number of carbonyl (C=O) groups excluding carboxylic acids is 2. The predicted molar refractivity (Wildman–Crippen MR) is 121 cm³/mol. The fourth-order valence-electron chi connectivity index (χ4n) is 5.25. The first-order chi connectivity index (χ1) is 15.4. The van der Waals surface area contributed by atoms with Crippen molar-refractivity contribution in [1.29, 1.82) is 0 Å². The molecule has 0 aromatic heterocycles. The maximum absolute atomic E-state index is 13.8. The molecule has 0 saturated carbocycles. The fraction of sp³-hybridized carbons (Fsp3) is 0.391. The molecule has 0 bridgehead atoms. The molecule has 2 unspecified atom stereocenters. The number of nitrogens with one attached hydrogen (secondary N) is 2. The Morgan fingerprint density at radius 3 is 1.62 bits per heavy atom. The summed E-state index contributed by atoms with van der Waals surface area (Å²) in [6.07, 6.45) is 0.887. The van der Waals surface area contributed by atoms with E-state index in [1.807, 2.05) is 45.0 Å². The molecule has 3 heterocycles. The Labute approximate surface area is 186 Å². The number of benzene rings is 2. The molecule has 170 valence electrons. The molecule has 2 atom stereocenters. The summed E-state index contributed by atoms with van der Waals surface area (Å²) in [5, 5.41) is 5.80.